The van der Waals surface area contributed by atoms with Crippen LogP contribution in [0.3, 0.4) is 0 Å². The summed E-state index contributed by atoms with van der Waals surface area (Å²) in [6.07, 6.45) is 7.46. The summed E-state index contributed by atoms with van der Waals surface area (Å²) in [4.78, 5) is 23.5. The molecular weight excluding hydrogens is 328 g/mol. The highest BCUT2D eigenvalue weighted by Gasteiger charge is 2.19. The molecule has 1 N–H and O–H groups in total. The first-order valence-electron chi connectivity index (χ1n) is 9.27. The Morgan fingerprint density at radius 2 is 1.77 bits per heavy atom. The van der Waals surface area contributed by atoms with E-state index in [-0.39, 0.29) is 11.5 Å². The Bertz CT molecular complexity index is 768. The Morgan fingerprint density at radius 1 is 1.04 bits per heavy atom. The second-order valence-corrected chi connectivity index (χ2v) is 6.90. The molecular formula is C21H24N2O3. The molecule has 5 nitrogen and oxygen atoms in total. The van der Waals surface area contributed by atoms with Crippen molar-refractivity contribution < 1.29 is 9.72 Å². The number of hydrogen-bond acceptors (Lipinski definition) is 4. The van der Waals surface area contributed by atoms with Crippen LogP contribution in [0.5, 0.6) is 0 Å². The Labute approximate surface area is 153 Å². The molecule has 0 bridgehead atoms. The van der Waals surface area contributed by atoms with Gasteiger partial charge in [0.05, 0.1) is 4.92 Å². The van der Waals surface area contributed by atoms with Gasteiger partial charge in [-0.3, -0.25) is 14.9 Å². The highest BCUT2D eigenvalue weighted by molar-refractivity contribution is 6.09. The smallest absolute Gasteiger partial charge is 0.293 e. The maximum atomic E-state index is 12.5. The molecule has 0 aromatic heterocycles. The van der Waals surface area contributed by atoms with E-state index in [1.54, 1.807) is 36.4 Å². The number of anilines is 1. The van der Waals surface area contributed by atoms with Crippen molar-refractivity contribution in [3.63, 3.8) is 0 Å². The quantitative estimate of drug-likeness (QED) is 0.422. The number of nitrogens with one attached hydrogen (secondary N) is 1. The first kappa shape index (κ1) is 18.1. The van der Waals surface area contributed by atoms with Crippen LogP contribution >= 0.6 is 0 Å². The van der Waals surface area contributed by atoms with Gasteiger partial charge in [0.15, 0.2) is 5.78 Å². The van der Waals surface area contributed by atoms with E-state index < -0.39 is 4.92 Å². The lowest BCUT2D eigenvalue weighted by molar-refractivity contribution is -0.384. The number of carbonyl (C=O) groups excluding carboxylic acids is 1. The SMILES string of the molecule is O=C(c1ccccc1)c1ccc(NCCC2CCCCC2)c([N+](=O)[O-])c1. The third-order valence-electron chi connectivity index (χ3n) is 5.09. The van der Waals surface area contributed by atoms with E-state index in [0.717, 1.165) is 13.0 Å². The van der Waals surface area contributed by atoms with E-state index >= 15 is 0 Å². The first-order valence-corrected chi connectivity index (χ1v) is 9.27. The molecule has 0 aliphatic heterocycles. The zero-order valence-electron chi connectivity index (χ0n) is 14.8. The van der Waals surface area contributed by atoms with Crippen LogP contribution in [-0.2, 0) is 0 Å². The number of ketones is 1. The molecule has 0 unspecified atom stereocenters. The van der Waals surface area contributed by atoms with Gasteiger partial charge in [-0.1, -0.05) is 62.4 Å². The third kappa shape index (κ3) is 4.48. The molecule has 1 aliphatic carbocycles. The molecule has 0 spiro atoms. The summed E-state index contributed by atoms with van der Waals surface area (Å²) >= 11 is 0. The molecule has 136 valence electrons. The van der Waals surface area contributed by atoms with Crippen molar-refractivity contribution >= 4 is 17.2 Å². The number of hydrogen-bond donors (Lipinski definition) is 1. The standard InChI is InChI=1S/C21H24N2O3/c24-21(17-9-5-2-6-10-17)18-11-12-19(20(15-18)23(25)26)22-14-13-16-7-3-1-4-8-16/h2,5-6,9-12,15-16,22H,1,3-4,7-8,13-14H2. The molecule has 26 heavy (non-hydrogen) atoms. The first-order chi connectivity index (χ1) is 12.6. The molecule has 0 amide bonds. The van der Waals surface area contributed by atoms with Gasteiger partial charge >= 0.3 is 0 Å². The Morgan fingerprint density at radius 3 is 2.46 bits per heavy atom. The predicted octanol–water partition coefficient (Wildman–Crippen LogP) is 5.21. The monoisotopic (exact) mass is 352 g/mol. The molecule has 0 atom stereocenters. The van der Waals surface area contributed by atoms with Gasteiger partial charge in [-0.15, -0.1) is 0 Å². The number of nitrogens with zero attached hydrogens (tertiary/aromatic N) is 1. The van der Waals surface area contributed by atoms with Gasteiger partial charge in [-0.2, -0.15) is 0 Å². The Balaban J connectivity index is 1.70. The molecule has 2 aromatic carbocycles. The second kappa shape index (κ2) is 8.61. The normalized spacial score (nSPS) is 14.8. The Hall–Kier alpha value is -2.69. The van der Waals surface area contributed by atoms with Crippen molar-refractivity contribution in [2.45, 2.75) is 38.5 Å². The van der Waals surface area contributed by atoms with Crippen molar-refractivity contribution in [1.29, 1.82) is 0 Å². The van der Waals surface area contributed by atoms with Crippen molar-refractivity contribution in [3.8, 4) is 0 Å². The topological polar surface area (TPSA) is 72.2 Å². The summed E-state index contributed by atoms with van der Waals surface area (Å²) in [6.45, 7) is 0.720. The van der Waals surface area contributed by atoms with Crippen LogP contribution in [-0.4, -0.2) is 17.3 Å². The fourth-order valence-electron chi connectivity index (χ4n) is 3.62. The number of rotatable bonds is 7. The minimum atomic E-state index is -0.426. The maximum Gasteiger partial charge on any atom is 0.293 e. The van der Waals surface area contributed by atoms with Crippen LogP contribution in [0.25, 0.3) is 0 Å². The molecule has 5 heteroatoms. The second-order valence-electron chi connectivity index (χ2n) is 6.90. The van der Waals surface area contributed by atoms with Gasteiger partial charge in [0.25, 0.3) is 5.69 Å². The minimum absolute atomic E-state index is 0.0459. The van der Waals surface area contributed by atoms with E-state index in [9.17, 15) is 14.9 Å². The fourth-order valence-corrected chi connectivity index (χ4v) is 3.62. The minimum Gasteiger partial charge on any atom is -0.379 e. The molecule has 3 rings (SSSR count). The van der Waals surface area contributed by atoms with Crippen LogP contribution in [0.2, 0.25) is 0 Å². The molecule has 0 heterocycles. The van der Waals surface area contributed by atoms with E-state index in [1.807, 2.05) is 6.07 Å². The molecule has 2 aromatic rings. The maximum absolute atomic E-state index is 12.5. The van der Waals surface area contributed by atoms with E-state index in [4.69, 9.17) is 0 Å². The van der Waals surface area contributed by atoms with Crippen LogP contribution < -0.4 is 5.32 Å². The molecule has 0 saturated heterocycles. The number of benzene rings is 2. The zero-order chi connectivity index (χ0) is 18.4. The van der Waals surface area contributed by atoms with Gasteiger partial charge in [-0.05, 0) is 24.5 Å². The van der Waals surface area contributed by atoms with Crippen molar-refractivity contribution in [2.75, 3.05) is 11.9 Å². The Kier molecular flexibility index (Phi) is 6.00. The number of nitro benzene ring substituents is 1. The van der Waals surface area contributed by atoms with E-state index in [0.29, 0.717) is 22.7 Å². The molecule has 1 aliphatic rings. The number of carbonyl (C=O) groups is 1. The van der Waals surface area contributed by atoms with Crippen LogP contribution in [0.15, 0.2) is 48.5 Å². The van der Waals surface area contributed by atoms with Crippen LogP contribution in [0.4, 0.5) is 11.4 Å². The van der Waals surface area contributed by atoms with Gasteiger partial charge in [0, 0.05) is 23.7 Å². The summed E-state index contributed by atoms with van der Waals surface area (Å²) < 4.78 is 0. The van der Waals surface area contributed by atoms with Crippen LogP contribution in [0, 0.1) is 16.0 Å². The zero-order valence-corrected chi connectivity index (χ0v) is 14.8. The predicted molar refractivity (Wildman–Crippen MR) is 103 cm³/mol. The van der Waals surface area contributed by atoms with Crippen molar-refractivity contribution in [1.82, 2.24) is 0 Å². The highest BCUT2D eigenvalue weighted by Crippen LogP contribution is 2.29. The van der Waals surface area contributed by atoms with E-state index in [1.165, 1.54) is 38.2 Å². The number of nitro groups is 1. The average Bonchev–Trinajstić information content (AvgIpc) is 2.69. The largest absolute Gasteiger partial charge is 0.379 e. The lowest BCUT2D eigenvalue weighted by atomic mass is 9.87. The fraction of sp³-hybridized carbons (Fsp3) is 0.381. The van der Waals surface area contributed by atoms with Gasteiger partial charge in [0.1, 0.15) is 5.69 Å². The van der Waals surface area contributed by atoms with Gasteiger partial charge < -0.3 is 5.32 Å². The third-order valence-corrected chi connectivity index (χ3v) is 5.09. The van der Waals surface area contributed by atoms with Crippen molar-refractivity contribution in [2.24, 2.45) is 5.92 Å². The summed E-state index contributed by atoms with van der Waals surface area (Å²) in [7, 11) is 0. The average molecular weight is 352 g/mol. The lowest BCUT2D eigenvalue weighted by Crippen LogP contribution is -2.13. The summed E-state index contributed by atoms with van der Waals surface area (Å²) in [5.74, 6) is 0.511. The lowest BCUT2D eigenvalue weighted by Gasteiger charge is -2.21. The summed E-state index contributed by atoms with van der Waals surface area (Å²) in [6, 6.07) is 13.5. The summed E-state index contributed by atoms with van der Waals surface area (Å²) in [5.41, 5.74) is 1.30. The van der Waals surface area contributed by atoms with Gasteiger partial charge in [0.2, 0.25) is 0 Å². The summed E-state index contributed by atoms with van der Waals surface area (Å²) in [5, 5.41) is 14.6. The van der Waals surface area contributed by atoms with Crippen LogP contribution in [0.1, 0.15) is 54.4 Å². The molecule has 1 saturated carbocycles. The van der Waals surface area contributed by atoms with E-state index in [2.05, 4.69) is 5.32 Å². The highest BCUT2D eigenvalue weighted by atomic mass is 16.6. The van der Waals surface area contributed by atoms with Gasteiger partial charge in [-0.25, -0.2) is 0 Å². The molecule has 0 radical (unpaired) electrons. The molecule has 1 fully saturated rings. The van der Waals surface area contributed by atoms with Crippen molar-refractivity contribution in [3.05, 3.63) is 69.8 Å².